The second-order valence-corrected chi connectivity index (χ2v) is 3.19. The average molecular weight is 200 g/mol. The maximum Gasteiger partial charge on any atom is -0.00319 e. The van der Waals surface area contributed by atoms with E-state index in [0.717, 1.165) is 12.0 Å². The van der Waals surface area contributed by atoms with Crippen molar-refractivity contribution in [3.8, 4) is 0 Å². The molecule has 0 radical (unpaired) electrons. The Hall–Kier alpha value is -1.56. The third-order valence-corrected chi connectivity index (χ3v) is 1.83. The first-order chi connectivity index (χ1) is 7.24. The first kappa shape index (κ1) is 13.4. The van der Waals surface area contributed by atoms with Crippen LogP contribution in [0, 0.1) is 0 Å². The van der Waals surface area contributed by atoms with E-state index < -0.39 is 0 Å². The third kappa shape index (κ3) is 7.51. The fourth-order valence-corrected chi connectivity index (χ4v) is 1.04. The highest BCUT2D eigenvalue weighted by atomic mass is 14.0. The third-order valence-electron chi connectivity index (χ3n) is 1.83. The van der Waals surface area contributed by atoms with Crippen LogP contribution in [0.4, 0.5) is 0 Å². The molecule has 0 saturated carbocycles. The summed E-state index contributed by atoms with van der Waals surface area (Å²) in [5.74, 6) is 0. The molecule has 0 nitrogen and oxygen atoms in total. The fourth-order valence-electron chi connectivity index (χ4n) is 1.04. The molecule has 0 N–H and O–H groups in total. The van der Waals surface area contributed by atoms with Gasteiger partial charge < -0.3 is 0 Å². The average Bonchev–Trinajstić information content (AvgIpc) is 2.24. The lowest BCUT2D eigenvalue weighted by Gasteiger charge is -2.00. The predicted octanol–water partition coefficient (Wildman–Crippen LogP) is 4.75. The van der Waals surface area contributed by atoms with Crippen LogP contribution in [0.5, 0.6) is 0 Å². The van der Waals surface area contributed by atoms with Gasteiger partial charge in [-0.2, -0.15) is 0 Å². The van der Waals surface area contributed by atoms with Gasteiger partial charge >= 0.3 is 0 Å². The van der Waals surface area contributed by atoms with Gasteiger partial charge in [0.2, 0.25) is 0 Å². The molecule has 0 amide bonds. The van der Waals surface area contributed by atoms with E-state index in [1.165, 1.54) is 5.57 Å². The minimum atomic E-state index is 0.849. The standard InChI is InChI=1S/C15H20/c1-5-8-10-11-14(4)13-15(7-3)12-9-6-2/h5-12H,3-4,13H2,1-2H3/b8-5-,9-6-,11-10-,15-12+. The van der Waals surface area contributed by atoms with Crippen LogP contribution in [0.2, 0.25) is 0 Å². The largest absolute Gasteiger partial charge is 0.0988 e. The zero-order valence-corrected chi connectivity index (χ0v) is 9.74. The number of hydrogen-bond acceptors (Lipinski definition) is 0. The summed E-state index contributed by atoms with van der Waals surface area (Å²) in [6.45, 7) is 11.8. The van der Waals surface area contributed by atoms with Crippen molar-refractivity contribution in [2.75, 3.05) is 0 Å². The second-order valence-electron chi connectivity index (χ2n) is 3.19. The van der Waals surface area contributed by atoms with Crippen molar-refractivity contribution in [3.63, 3.8) is 0 Å². The van der Waals surface area contributed by atoms with Gasteiger partial charge in [0, 0.05) is 0 Å². The molecule has 0 aromatic heterocycles. The highest BCUT2D eigenvalue weighted by Gasteiger charge is 1.92. The number of hydrogen-bond donors (Lipinski definition) is 0. The normalized spacial score (nSPS) is 13.1. The van der Waals surface area contributed by atoms with Crippen LogP contribution in [0.25, 0.3) is 0 Å². The van der Waals surface area contributed by atoms with E-state index in [1.54, 1.807) is 0 Å². The Morgan fingerprint density at radius 2 is 1.73 bits per heavy atom. The Morgan fingerprint density at radius 3 is 2.27 bits per heavy atom. The van der Waals surface area contributed by atoms with Gasteiger partial charge in [-0.05, 0) is 25.8 Å². The molecule has 0 atom stereocenters. The molecule has 0 aliphatic heterocycles. The summed E-state index contributed by atoms with van der Waals surface area (Å²) in [6.07, 6.45) is 16.8. The van der Waals surface area contributed by atoms with Crippen molar-refractivity contribution in [3.05, 3.63) is 72.9 Å². The molecule has 0 heterocycles. The molecule has 0 unspecified atom stereocenters. The molecule has 0 aromatic carbocycles. The van der Waals surface area contributed by atoms with E-state index in [9.17, 15) is 0 Å². The van der Waals surface area contributed by atoms with Crippen LogP contribution in [-0.4, -0.2) is 0 Å². The first-order valence-electron chi connectivity index (χ1n) is 5.16. The van der Waals surface area contributed by atoms with Crippen molar-refractivity contribution in [2.45, 2.75) is 20.3 Å². The summed E-state index contributed by atoms with van der Waals surface area (Å²) in [6, 6.07) is 0. The summed E-state index contributed by atoms with van der Waals surface area (Å²) >= 11 is 0. The molecule has 0 rings (SSSR count). The molecule has 0 fully saturated rings. The molecule has 0 spiro atoms. The fraction of sp³-hybridized carbons (Fsp3) is 0.200. The van der Waals surface area contributed by atoms with Crippen molar-refractivity contribution >= 4 is 0 Å². The van der Waals surface area contributed by atoms with Crippen LogP contribution in [-0.2, 0) is 0 Å². The molecule has 80 valence electrons. The van der Waals surface area contributed by atoms with Gasteiger partial charge in [-0.3, -0.25) is 0 Å². The lowest BCUT2D eigenvalue weighted by atomic mass is 10.1. The lowest BCUT2D eigenvalue weighted by molar-refractivity contribution is 1.22. The van der Waals surface area contributed by atoms with E-state index in [0.29, 0.717) is 0 Å². The summed E-state index contributed by atoms with van der Waals surface area (Å²) in [4.78, 5) is 0. The minimum absolute atomic E-state index is 0.849. The Morgan fingerprint density at radius 1 is 1.07 bits per heavy atom. The maximum atomic E-state index is 3.99. The minimum Gasteiger partial charge on any atom is -0.0988 e. The molecule has 0 aliphatic rings. The predicted molar refractivity (Wildman–Crippen MR) is 70.8 cm³/mol. The Labute approximate surface area is 93.7 Å². The van der Waals surface area contributed by atoms with Crippen LogP contribution in [0.15, 0.2) is 72.9 Å². The molecular weight excluding hydrogens is 180 g/mol. The lowest BCUT2D eigenvalue weighted by Crippen LogP contribution is -1.80. The van der Waals surface area contributed by atoms with Crippen molar-refractivity contribution < 1.29 is 0 Å². The summed E-state index contributed by atoms with van der Waals surface area (Å²) < 4.78 is 0. The summed E-state index contributed by atoms with van der Waals surface area (Å²) in [5, 5.41) is 0. The topological polar surface area (TPSA) is 0 Å². The van der Waals surface area contributed by atoms with Crippen molar-refractivity contribution in [1.82, 2.24) is 0 Å². The zero-order chi connectivity index (χ0) is 11.5. The van der Waals surface area contributed by atoms with E-state index in [-0.39, 0.29) is 0 Å². The highest BCUT2D eigenvalue weighted by Crippen LogP contribution is 2.11. The van der Waals surface area contributed by atoms with E-state index >= 15 is 0 Å². The molecule has 0 saturated heterocycles. The molecule has 0 aliphatic carbocycles. The monoisotopic (exact) mass is 200 g/mol. The smallest absolute Gasteiger partial charge is 0.00319 e. The molecule has 0 heteroatoms. The van der Waals surface area contributed by atoms with E-state index in [4.69, 9.17) is 0 Å². The van der Waals surface area contributed by atoms with Crippen LogP contribution < -0.4 is 0 Å². The number of allylic oxidation sites excluding steroid dienone is 10. The highest BCUT2D eigenvalue weighted by molar-refractivity contribution is 5.31. The first-order valence-corrected chi connectivity index (χ1v) is 5.16. The molecule has 0 aromatic rings. The van der Waals surface area contributed by atoms with Gasteiger partial charge in [0.1, 0.15) is 0 Å². The zero-order valence-electron chi connectivity index (χ0n) is 9.74. The van der Waals surface area contributed by atoms with E-state index in [2.05, 4.69) is 19.2 Å². The van der Waals surface area contributed by atoms with Gasteiger partial charge in [0.25, 0.3) is 0 Å². The maximum absolute atomic E-state index is 3.99. The van der Waals surface area contributed by atoms with Gasteiger partial charge in [0.05, 0.1) is 0 Å². The quantitative estimate of drug-likeness (QED) is 0.543. The summed E-state index contributed by atoms with van der Waals surface area (Å²) in [7, 11) is 0. The van der Waals surface area contributed by atoms with Crippen LogP contribution in [0.3, 0.4) is 0 Å². The van der Waals surface area contributed by atoms with Crippen LogP contribution in [0.1, 0.15) is 20.3 Å². The molecular formula is C15H20. The van der Waals surface area contributed by atoms with Crippen LogP contribution >= 0.6 is 0 Å². The Bertz CT molecular complexity index is 309. The van der Waals surface area contributed by atoms with E-state index in [1.807, 2.05) is 56.4 Å². The van der Waals surface area contributed by atoms with Gasteiger partial charge in [-0.1, -0.05) is 67.3 Å². The molecule has 0 bridgehead atoms. The van der Waals surface area contributed by atoms with Crippen molar-refractivity contribution in [2.24, 2.45) is 0 Å². The Kier molecular flexibility index (Phi) is 8.08. The van der Waals surface area contributed by atoms with Gasteiger partial charge in [-0.25, -0.2) is 0 Å². The van der Waals surface area contributed by atoms with Crippen molar-refractivity contribution in [1.29, 1.82) is 0 Å². The molecule has 15 heavy (non-hydrogen) atoms. The summed E-state index contributed by atoms with van der Waals surface area (Å²) in [5.41, 5.74) is 2.27. The number of rotatable bonds is 6. The van der Waals surface area contributed by atoms with Gasteiger partial charge in [0.15, 0.2) is 0 Å². The second kappa shape index (κ2) is 9.01. The SMILES string of the molecule is C=C/C(=C\C=C/C)CC(=C)/C=C\C=C/C. The van der Waals surface area contributed by atoms with Gasteiger partial charge in [-0.15, -0.1) is 0 Å². The Balaban J connectivity index is 4.31.